The zero-order chi connectivity index (χ0) is 11.3. The lowest BCUT2D eigenvalue weighted by Gasteiger charge is -2.08. The monoisotopic (exact) mass is 226 g/mol. The zero-order valence-electron chi connectivity index (χ0n) is 9.52. The van der Waals surface area contributed by atoms with Crippen LogP contribution in [0.25, 0.3) is 0 Å². The Balaban J connectivity index is 2.58. The summed E-state index contributed by atoms with van der Waals surface area (Å²) in [7, 11) is 0. The first-order valence-corrected chi connectivity index (χ1v) is 6.01. The first-order chi connectivity index (χ1) is 7.16. The van der Waals surface area contributed by atoms with Crippen LogP contribution in [0, 0.1) is 6.92 Å². The number of rotatable bonds is 5. The van der Waals surface area contributed by atoms with Crippen molar-refractivity contribution in [2.45, 2.75) is 46.0 Å². The molecule has 0 fully saturated rings. The molecule has 1 aromatic carbocycles. The molecule has 0 amide bonds. The van der Waals surface area contributed by atoms with Crippen molar-refractivity contribution in [2.75, 3.05) is 0 Å². The summed E-state index contributed by atoms with van der Waals surface area (Å²) in [6, 6.07) is 3.66. The Morgan fingerprint density at radius 1 is 1.20 bits per heavy atom. The van der Waals surface area contributed by atoms with Crippen LogP contribution in [0.15, 0.2) is 12.1 Å². The molecule has 1 aromatic rings. The Morgan fingerprint density at radius 3 is 2.60 bits per heavy atom. The van der Waals surface area contributed by atoms with Crippen LogP contribution >= 0.6 is 11.6 Å². The van der Waals surface area contributed by atoms with Gasteiger partial charge in [0.25, 0.3) is 0 Å². The van der Waals surface area contributed by atoms with Crippen LogP contribution in [-0.2, 0) is 6.42 Å². The van der Waals surface area contributed by atoms with Crippen LogP contribution in [0.2, 0.25) is 5.02 Å². The molecule has 0 aliphatic rings. The van der Waals surface area contributed by atoms with Crippen molar-refractivity contribution in [3.63, 3.8) is 0 Å². The molecule has 0 heterocycles. The van der Waals surface area contributed by atoms with Gasteiger partial charge < -0.3 is 5.11 Å². The summed E-state index contributed by atoms with van der Waals surface area (Å²) < 4.78 is 0. The maximum absolute atomic E-state index is 9.40. The number of benzene rings is 1. The van der Waals surface area contributed by atoms with Crippen LogP contribution in [-0.4, -0.2) is 5.11 Å². The van der Waals surface area contributed by atoms with Crippen LogP contribution in [0.3, 0.4) is 0 Å². The molecule has 0 saturated carbocycles. The summed E-state index contributed by atoms with van der Waals surface area (Å²) in [6.45, 7) is 4.18. The van der Waals surface area contributed by atoms with Gasteiger partial charge in [-0.2, -0.15) is 0 Å². The quantitative estimate of drug-likeness (QED) is 0.735. The van der Waals surface area contributed by atoms with Gasteiger partial charge in [-0.3, -0.25) is 0 Å². The Hall–Kier alpha value is -0.690. The van der Waals surface area contributed by atoms with Crippen molar-refractivity contribution in [2.24, 2.45) is 0 Å². The SMILES string of the molecule is CCCCCCc1ccc(O)c(Cl)c1C. The van der Waals surface area contributed by atoms with Crippen molar-refractivity contribution < 1.29 is 5.11 Å². The number of aryl methyl sites for hydroxylation is 1. The number of hydrogen-bond donors (Lipinski definition) is 1. The zero-order valence-corrected chi connectivity index (χ0v) is 10.3. The van der Waals surface area contributed by atoms with E-state index in [1.54, 1.807) is 6.07 Å². The second-order valence-corrected chi connectivity index (χ2v) is 4.37. The number of halogens is 1. The molecule has 0 atom stereocenters. The Kier molecular flexibility index (Phi) is 4.97. The summed E-state index contributed by atoms with van der Waals surface area (Å²) >= 11 is 5.97. The fourth-order valence-corrected chi connectivity index (χ4v) is 1.91. The van der Waals surface area contributed by atoms with Gasteiger partial charge in [0, 0.05) is 0 Å². The predicted octanol–water partition coefficient (Wildman–Crippen LogP) is 4.48. The Labute approximate surface area is 97.1 Å². The molecule has 0 saturated heterocycles. The molecule has 1 rings (SSSR count). The minimum Gasteiger partial charge on any atom is -0.506 e. The Morgan fingerprint density at radius 2 is 1.93 bits per heavy atom. The van der Waals surface area contributed by atoms with Crippen molar-refractivity contribution in [1.82, 2.24) is 0 Å². The highest BCUT2D eigenvalue weighted by molar-refractivity contribution is 6.32. The van der Waals surface area contributed by atoms with E-state index in [0.29, 0.717) is 5.02 Å². The average Bonchev–Trinajstić information content (AvgIpc) is 2.24. The highest BCUT2D eigenvalue weighted by Gasteiger charge is 2.06. The lowest BCUT2D eigenvalue weighted by Crippen LogP contribution is -1.91. The fourth-order valence-electron chi connectivity index (χ4n) is 1.72. The average molecular weight is 227 g/mol. The van der Waals surface area contributed by atoms with Crippen molar-refractivity contribution in [3.8, 4) is 5.75 Å². The van der Waals surface area contributed by atoms with Crippen molar-refractivity contribution in [1.29, 1.82) is 0 Å². The first-order valence-electron chi connectivity index (χ1n) is 5.63. The van der Waals surface area contributed by atoms with E-state index in [9.17, 15) is 5.11 Å². The number of aromatic hydroxyl groups is 1. The van der Waals surface area contributed by atoms with Gasteiger partial charge in [0.05, 0.1) is 5.02 Å². The molecule has 0 aliphatic carbocycles. The maximum atomic E-state index is 9.40. The number of unbranched alkanes of at least 4 members (excludes halogenated alkanes) is 3. The van der Waals surface area contributed by atoms with Gasteiger partial charge in [-0.25, -0.2) is 0 Å². The first kappa shape index (κ1) is 12.4. The van der Waals surface area contributed by atoms with E-state index < -0.39 is 0 Å². The summed E-state index contributed by atoms with van der Waals surface area (Å²) in [5.74, 6) is 0.187. The molecule has 0 radical (unpaired) electrons. The third-order valence-corrected chi connectivity index (χ3v) is 3.25. The molecule has 2 heteroatoms. The third kappa shape index (κ3) is 3.42. The molecule has 15 heavy (non-hydrogen) atoms. The van der Waals surface area contributed by atoms with E-state index >= 15 is 0 Å². The van der Waals surface area contributed by atoms with Crippen LogP contribution in [0.4, 0.5) is 0 Å². The largest absolute Gasteiger partial charge is 0.506 e. The number of phenolic OH excluding ortho intramolecular Hbond substituents is 1. The molecule has 84 valence electrons. The minimum absolute atomic E-state index is 0.187. The van der Waals surface area contributed by atoms with Gasteiger partial charge >= 0.3 is 0 Å². The molecular formula is C13H19ClO. The molecule has 0 spiro atoms. The normalized spacial score (nSPS) is 10.6. The lowest BCUT2D eigenvalue weighted by atomic mass is 10.0. The molecule has 0 aromatic heterocycles. The Bertz CT molecular complexity index is 321. The van der Waals surface area contributed by atoms with Crippen molar-refractivity contribution in [3.05, 3.63) is 28.3 Å². The highest BCUT2D eigenvalue weighted by Crippen LogP contribution is 2.29. The molecular weight excluding hydrogens is 208 g/mol. The molecule has 0 bridgehead atoms. The van der Waals surface area contributed by atoms with Gasteiger partial charge in [0.15, 0.2) is 0 Å². The van der Waals surface area contributed by atoms with Crippen LogP contribution in [0.5, 0.6) is 5.75 Å². The van der Waals surface area contributed by atoms with E-state index in [0.717, 1.165) is 12.0 Å². The van der Waals surface area contributed by atoms with E-state index in [2.05, 4.69) is 6.92 Å². The minimum atomic E-state index is 0.187. The molecule has 0 unspecified atom stereocenters. The summed E-state index contributed by atoms with van der Waals surface area (Å²) in [5.41, 5.74) is 2.28. The van der Waals surface area contributed by atoms with Crippen LogP contribution < -0.4 is 0 Å². The van der Waals surface area contributed by atoms with Crippen molar-refractivity contribution >= 4 is 11.6 Å². The van der Waals surface area contributed by atoms with Gasteiger partial charge in [-0.15, -0.1) is 0 Å². The molecule has 1 nitrogen and oxygen atoms in total. The predicted molar refractivity (Wildman–Crippen MR) is 65.7 cm³/mol. The van der Waals surface area contributed by atoms with E-state index in [1.165, 1.54) is 31.2 Å². The summed E-state index contributed by atoms with van der Waals surface area (Å²) in [5, 5.41) is 9.91. The third-order valence-electron chi connectivity index (χ3n) is 2.78. The molecule has 1 N–H and O–H groups in total. The van der Waals surface area contributed by atoms with Gasteiger partial charge in [-0.05, 0) is 37.0 Å². The van der Waals surface area contributed by atoms with Gasteiger partial charge in [0.2, 0.25) is 0 Å². The summed E-state index contributed by atoms with van der Waals surface area (Å²) in [4.78, 5) is 0. The fraction of sp³-hybridized carbons (Fsp3) is 0.538. The summed E-state index contributed by atoms with van der Waals surface area (Å²) in [6.07, 6.45) is 6.09. The maximum Gasteiger partial charge on any atom is 0.134 e. The number of phenols is 1. The smallest absolute Gasteiger partial charge is 0.134 e. The van der Waals surface area contributed by atoms with E-state index in [-0.39, 0.29) is 5.75 Å². The lowest BCUT2D eigenvalue weighted by molar-refractivity contribution is 0.475. The second kappa shape index (κ2) is 6.02. The van der Waals surface area contributed by atoms with E-state index in [4.69, 9.17) is 11.6 Å². The number of hydrogen-bond acceptors (Lipinski definition) is 1. The highest BCUT2D eigenvalue weighted by atomic mass is 35.5. The second-order valence-electron chi connectivity index (χ2n) is 3.99. The van der Waals surface area contributed by atoms with Gasteiger partial charge in [0.1, 0.15) is 5.75 Å². The van der Waals surface area contributed by atoms with Gasteiger partial charge in [-0.1, -0.05) is 43.9 Å². The molecule has 0 aliphatic heterocycles. The standard InChI is InChI=1S/C13H19ClO/c1-3-4-5-6-7-11-8-9-12(15)13(14)10(11)2/h8-9,15H,3-7H2,1-2H3. The van der Waals surface area contributed by atoms with Crippen LogP contribution in [0.1, 0.15) is 43.7 Å². The van der Waals surface area contributed by atoms with E-state index in [1.807, 2.05) is 13.0 Å². The topological polar surface area (TPSA) is 20.2 Å².